The van der Waals surface area contributed by atoms with Crippen molar-refractivity contribution in [1.29, 1.82) is 0 Å². The maximum atomic E-state index is 6.62. The summed E-state index contributed by atoms with van der Waals surface area (Å²) in [6.07, 6.45) is 5.99. The third kappa shape index (κ3) is 7.21. The fourth-order valence-corrected chi connectivity index (χ4v) is 6.79. The summed E-state index contributed by atoms with van der Waals surface area (Å²) in [6, 6.07) is 37.1. The Hall–Kier alpha value is -4.47. The minimum atomic E-state index is 0. The Kier molecular flexibility index (Phi) is 10.2. The molecule has 3 heterocycles. The van der Waals surface area contributed by atoms with Crippen LogP contribution in [0.25, 0.3) is 44.4 Å². The number of ether oxygens (including phenoxy) is 1. The summed E-state index contributed by atoms with van der Waals surface area (Å²) in [6.45, 7) is 15.4. The molecular formula is C44H44N4OPt. The number of aromatic nitrogens is 4. The van der Waals surface area contributed by atoms with Crippen molar-refractivity contribution >= 4 is 21.8 Å². The number of benzene rings is 4. The minimum absolute atomic E-state index is 0. The van der Waals surface area contributed by atoms with Gasteiger partial charge in [-0.15, -0.1) is 35.7 Å². The van der Waals surface area contributed by atoms with Gasteiger partial charge >= 0.3 is 21.1 Å². The molecule has 0 N–H and O–H groups in total. The van der Waals surface area contributed by atoms with Crippen molar-refractivity contribution in [3.05, 3.63) is 131 Å². The first-order valence-corrected chi connectivity index (χ1v) is 17.4. The van der Waals surface area contributed by atoms with E-state index >= 15 is 0 Å². The van der Waals surface area contributed by atoms with Crippen LogP contribution >= 0.6 is 0 Å². The normalized spacial score (nSPS) is 11.7. The van der Waals surface area contributed by atoms with E-state index in [0.29, 0.717) is 11.5 Å². The molecule has 6 heteroatoms. The second-order valence-corrected chi connectivity index (χ2v) is 14.4. The number of aryl methyl sites for hydroxylation is 4. The Morgan fingerprint density at radius 2 is 1.58 bits per heavy atom. The summed E-state index contributed by atoms with van der Waals surface area (Å²) in [5.74, 6) is 2.14. The van der Waals surface area contributed by atoms with Gasteiger partial charge in [-0.1, -0.05) is 88.5 Å². The van der Waals surface area contributed by atoms with Crippen LogP contribution in [0.3, 0.4) is 0 Å². The van der Waals surface area contributed by atoms with Crippen molar-refractivity contribution in [1.82, 2.24) is 19.3 Å². The van der Waals surface area contributed by atoms with Gasteiger partial charge in [-0.2, -0.15) is 16.7 Å². The number of fused-ring (bicyclic) bond motifs is 3. The Morgan fingerprint density at radius 1 is 0.780 bits per heavy atom. The van der Waals surface area contributed by atoms with Crippen molar-refractivity contribution < 1.29 is 25.8 Å². The van der Waals surface area contributed by atoms with Gasteiger partial charge in [-0.05, 0) is 85.0 Å². The van der Waals surface area contributed by atoms with E-state index in [9.17, 15) is 0 Å². The van der Waals surface area contributed by atoms with Crippen LogP contribution in [0.5, 0.6) is 11.5 Å². The molecule has 0 saturated heterocycles. The van der Waals surface area contributed by atoms with Crippen LogP contribution in [0.1, 0.15) is 68.6 Å². The molecule has 7 rings (SSSR count). The first-order valence-electron chi connectivity index (χ1n) is 17.4. The topological polar surface area (TPSA) is 44.9 Å². The van der Waals surface area contributed by atoms with E-state index < -0.39 is 0 Å². The summed E-state index contributed by atoms with van der Waals surface area (Å²) >= 11 is 0. The van der Waals surface area contributed by atoms with Gasteiger partial charge in [0.2, 0.25) is 0 Å². The van der Waals surface area contributed by atoms with Crippen molar-refractivity contribution in [3.8, 4) is 34.1 Å². The molecule has 0 aliphatic carbocycles. The maximum Gasteiger partial charge on any atom is 2.00 e. The average Bonchev–Trinajstić information content (AvgIpc) is 3.56. The Morgan fingerprint density at radius 3 is 2.32 bits per heavy atom. The third-order valence-corrected chi connectivity index (χ3v) is 9.24. The standard InChI is InChI=1S/C44H44N4O.Pt/c1-8-12-33-24-35(48-31(4)43(30(3)46-48)34-13-10-9-11-14-34)27-37(25-33)49-36-16-17-38-39-26-32(19-21-44(5,6)7)15-18-40(39)47(41(38)28-36)42-23-29(2)20-22-45-42;/h9-11,13-18,20,22-26H,8,12,19,21H2,1-7H3;/q-2;+2. The smallest absolute Gasteiger partial charge is 0.509 e. The SMILES string of the molecule is CCCc1cc(Oc2[c-]c3c(cc2)c2cc(CCC(C)(C)C)ccc2n3-c2cc(C)ccn2)[c-]c(-n2nc(C)c(-c3ccccc3)c2C)c1.[Pt+2]. The van der Waals surface area contributed by atoms with E-state index in [-0.39, 0.29) is 26.5 Å². The number of hydrogen-bond donors (Lipinski definition) is 0. The van der Waals surface area contributed by atoms with E-state index in [1.54, 1.807) is 0 Å². The second-order valence-electron chi connectivity index (χ2n) is 14.4. The molecule has 256 valence electrons. The Balaban J connectivity index is 0.00000432. The fraction of sp³-hybridized carbons (Fsp3) is 0.273. The Bertz CT molecular complexity index is 2290. The van der Waals surface area contributed by atoms with Crippen molar-refractivity contribution in [2.45, 2.75) is 74.1 Å². The third-order valence-electron chi connectivity index (χ3n) is 9.24. The second kappa shape index (κ2) is 14.4. The molecular weight excluding hydrogens is 796 g/mol. The molecule has 7 aromatic rings. The van der Waals surface area contributed by atoms with E-state index in [2.05, 4.69) is 132 Å². The van der Waals surface area contributed by atoms with Crippen LogP contribution in [0.2, 0.25) is 0 Å². The van der Waals surface area contributed by atoms with Crippen molar-refractivity contribution in [2.75, 3.05) is 0 Å². The predicted molar refractivity (Wildman–Crippen MR) is 201 cm³/mol. The predicted octanol–water partition coefficient (Wildman–Crippen LogP) is 11.3. The van der Waals surface area contributed by atoms with Gasteiger partial charge in [0.05, 0.1) is 5.69 Å². The molecule has 0 atom stereocenters. The molecule has 0 bridgehead atoms. The summed E-state index contributed by atoms with van der Waals surface area (Å²) in [5.41, 5.74) is 11.2. The van der Waals surface area contributed by atoms with E-state index in [1.807, 2.05) is 29.1 Å². The molecule has 50 heavy (non-hydrogen) atoms. The largest absolute Gasteiger partial charge is 2.00 e. The zero-order valence-corrected chi connectivity index (χ0v) is 32.3. The molecule has 0 unspecified atom stereocenters. The molecule has 5 nitrogen and oxygen atoms in total. The molecule has 4 aromatic carbocycles. The van der Waals surface area contributed by atoms with Crippen LogP contribution in [0, 0.1) is 38.3 Å². The van der Waals surface area contributed by atoms with Gasteiger partial charge < -0.3 is 9.30 Å². The summed E-state index contributed by atoms with van der Waals surface area (Å²) in [4.78, 5) is 4.79. The van der Waals surface area contributed by atoms with Gasteiger partial charge in [0, 0.05) is 34.5 Å². The van der Waals surface area contributed by atoms with Crippen LogP contribution < -0.4 is 4.74 Å². The molecule has 0 saturated carbocycles. The van der Waals surface area contributed by atoms with E-state index in [0.717, 1.165) is 81.7 Å². The quantitative estimate of drug-likeness (QED) is 0.136. The van der Waals surface area contributed by atoms with E-state index in [4.69, 9.17) is 14.8 Å². The monoisotopic (exact) mass is 839 g/mol. The first-order chi connectivity index (χ1) is 23.6. The van der Waals surface area contributed by atoms with Gasteiger partial charge in [-0.3, -0.25) is 4.68 Å². The minimum Gasteiger partial charge on any atom is -0.509 e. The van der Waals surface area contributed by atoms with Crippen LogP contribution in [-0.2, 0) is 33.9 Å². The molecule has 0 fully saturated rings. The number of nitrogens with zero attached hydrogens (tertiary/aromatic N) is 4. The van der Waals surface area contributed by atoms with Gasteiger partial charge in [-0.25, -0.2) is 4.98 Å². The number of pyridine rings is 1. The first kappa shape index (κ1) is 35.4. The van der Waals surface area contributed by atoms with Gasteiger partial charge in [0.25, 0.3) is 0 Å². The zero-order chi connectivity index (χ0) is 34.3. The Labute approximate surface area is 310 Å². The molecule has 0 aliphatic rings. The molecule has 0 spiro atoms. The van der Waals surface area contributed by atoms with Gasteiger partial charge in [0.15, 0.2) is 0 Å². The summed E-state index contributed by atoms with van der Waals surface area (Å²) in [5, 5.41) is 7.30. The number of rotatable bonds is 9. The van der Waals surface area contributed by atoms with Crippen LogP contribution in [0.15, 0.2) is 91.1 Å². The zero-order valence-electron chi connectivity index (χ0n) is 30.0. The molecule has 0 amide bonds. The van der Waals surface area contributed by atoms with Crippen LogP contribution in [-0.4, -0.2) is 19.3 Å². The summed E-state index contributed by atoms with van der Waals surface area (Å²) in [7, 11) is 0. The molecule has 0 radical (unpaired) electrons. The maximum absolute atomic E-state index is 6.62. The average molecular weight is 840 g/mol. The van der Waals surface area contributed by atoms with Crippen molar-refractivity contribution in [2.24, 2.45) is 5.41 Å². The van der Waals surface area contributed by atoms with E-state index in [1.165, 1.54) is 16.5 Å². The molecule has 0 aliphatic heterocycles. The molecule has 3 aromatic heterocycles. The van der Waals surface area contributed by atoms with Gasteiger partial charge in [0.1, 0.15) is 5.82 Å². The fourth-order valence-electron chi connectivity index (χ4n) is 6.79. The van der Waals surface area contributed by atoms with Crippen LogP contribution in [0.4, 0.5) is 0 Å². The number of hydrogen-bond acceptors (Lipinski definition) is 3. The van der Waals surface area contributed by atoms with Crippen molar-refractivity contribution in [3.63, 3.8) is 0 Å². The summed E-state index contributed by atoms with van der Waals surface area (Å²) < 4.78 is 10.8.